The van der Waals surface area contributed by atoms with Crippen LogP contribution in [0.2, 0.25) is 0 Å². The number of aliphatic imine (C=N–C) groups is 1. The summed E-state index contributed by atoms with van der Waals surface area (Å²) in [6.45, 7) is 0. The molecule has 144 valence electrons. The average Bonchev–Trinajstić information content (AvgIpc) is 2.90. The summed E-state index contributed by atoms with van der Waals surface area (Å²) in [5.41, 5.74) is 3.26. The number of carbonyl (C=O) groups excluding carboxylic acids is 2. The van der Waals surface area contributed by atoms with Crippen LogP contribution in [0, 0.1) is 0 Å². The van der Waals surface area contributed by atoms with E-state index < -0.39 is 18.0 Å². The number of benzodiazepines with no additional fused rings is 1. The fourth-order valence-electron chi connectivity index (χ4n) is 3.22. The first kappa shape index (κ1) is 18.4. The zero-order valence-electron chi connectivity index (χ0n) is 15.8. The summed E-state index contributed by atoms with van der Waals surface area (Å²) in [6, 6.07) is 23.8. The number of fused-ring (bicyclic) bond motifs is 1. The number of carbonyl (C=O) groups is 2. The second-order valence-electron chi connectivity index (χ2n) is 6.45. The number of nitrogens with one attached hydrogen (secondary N) is 2. The summed E-state index contributed by atoms with van der Waals surface area (Å²) >= 11 is 0. The summed E-state index contributed by atoms with van der Waals surface area (Å²) in [7, 11) is 1.49. The number of benzene rings is 3. The summed E-state index contributed by atoms with van der Waals surface area (Å²) in [6.07, 6.45) is -1.09. The molecule has 0 fully saturated rings. The van der Waals surface area contributed by atoms with Crippen LogP contribution in [0.3, 0.4) is 0 Å². The van der Waals surface area contributed by atoms with Gasteiger partial charge in [-0.2, -0.15) is 0 Å². The minimum Gasteiger partial charge on any atom is -0.496 e. The smallest absolute Gasteiger partial charge is 0.269 e. The van der Waals surface area contributed by atoms with Crippen molar-refractivity contribution >= 4 is 23.2 Å². The molecular weight excluding hydrogens is 366 g/mol. The van der Waals surface area contributed by atoms with Crippen molar-refractivity contribution in [3.8, 4) is 5.75 Å². The molecule has 2 amide bonds. The van der Waals surface area contributed by atoms with Crippen LogP contribution >= 0.6 is 0 Å². The van der Waals surface area contributed by atoms with Gasteiger partial charge in [-0.15, -0.1) is 0 Å². The van der Waals surface area contributed by atoms with Crippen LogP contribution in [0.15, 0.2) is 83.9 Å². The SMILES string of the molecule is COc1ccccc1C(=O)NC1N=C(c2ccccc2)c2ccccc2NC1=O. The maximum Gasteiger partial charge on any atom is 0.269 e. The van der Waals surface area contributed by atoms with Gasteiger partial charge in [0.15, 0.2) is 0 Å². The van der Waals surface area contributed by atoms with E-state index in [0.717, 1.165) is 11.1 Å². The highest BCUT2D eigenvalue weighted by molar-refractivity contribution is 6.20. The molecule has 0 aromatic heterocycles. The fourth-order valence-corrected chi connectivity index (χ4v) is 3.22. The number of para-hydroxylation sites is 2. The predicted octanol–water partition coefficient (Wildman–Crippen LogP) is 3.24. The molecule has 0 saturated heterocycles. The third kappa shape index (κ3) is 3.73. The molecule has 2 N–H and O–H groups in total. The van der Waals surface area contributed by atoms with Crippen molar-refractivity contribution in [2.75, 3.05) is 12.4 Å². The second-order valence-corrected chi connectivity index (χ2v) is 6.45. The highest BCUT2D eigenvalue weighted by Gasteiger charge is 2.27. The average molecular weight is 385 g/mol. The largest absolute Gasteiger partial charge is 0.496 e. The van der Waals surface area contributed by atoms with Crippen molar-refractivity contribution in [2.24, 2.45) is 4.99 Å². The number of hydrogen-bond acceptors (Lipinski definition) is 4. The first-order valence-electron chi connectivity index (χ1n) is 9.15. The lowest BCUT2D eigenvalue weighted by Gasteiger charge is -2.14. The van der Waals surface area contributed by atoms with E-state index in [4.69, 9.17) is 4.74 Å². The van der Waals surface area contributed by atoms with Gasteiger partial charge in [-0.05, 0) is 18.2 Å². The van der Waals surface area contributed by atoms with E-state index in [1.165, 1.54) is 7.11 Å². The predicted molar refractivity (Wildman–Crippen MR) is 111 cm³/mol. The van der Waals surface area contributed by atoms with E-state index in [-0.39, 0.29) is 0 Å². The molecule has 6 nitrogen and oxygen atoms in total. The molecule has 1 atom stereocenters. The van der Waals surface area contributed by atoms with Gasteiger partial charge < -0.3 is 15.4 Å². The molecule has 0 spiro atoms. The molecule has 4 rings (SSSR count). The lowest BCUT2D eigenvalue weighted by Crippen LogP contribution is -2.42. The number of hydrogen-bond donors (Lipinski definition) is 2. The van der Waals surface area contributed by atoms with Gasteiger partial charge in [0, 0.05) is 11.1 Å². The molecule has 29 heavy (non-hydrogen) atoms. The fraction of sp³-hybridized carbons (Fsp3) is 0.0870. The van der Waals surface area contributed by atoms with Gasteiger partial charge in [0.2, 0.25) is 6.17 Å². The first-order valence-corrected chi connectivity index (χ1v) is 9.15. The Labute approximate surface area is 168 Å². The van der Waals surface area contributed by atoms with Crippen LogP contribution in [0.4, 0.5) is 5.69 Å². The zero-order valence-corrected chi connectivity index (χ0v) is 15.8. The molecule has 0 bridgehead atoms. The number of amides is 2. The van der Waals surface area contributed by atoms with E-state index in [9.17, 15) is 9.59 Å². The van der Waals surface area contributed by atoms with E-state index in [1.54, 1.807) is 24.3 Å². The van der Waals surface area contributed by atoms with E-state index >= 15 is 0 Å². The van der Waals surface area contributed by atoms with E-state index in [0.29, 0.717) is 22.7 Å². The van der Waals surface area contributed by atoms with E-state index in [2.05, 4.69) is 15.6 Å². The van der Waals surface area contributed by atoms with Crippen molar-refractivity contribution in [2.45, 2.75) is 6.17 Å². The van der Waals surface area contributed by atoms with Crippen molar-refractivity contribution < 1.29 is 14.3 Å². The Balaban J connectivity index is 1.74. The van der Waals surface area contributed by atoms with Crippen molar-refractivity contribution in [3.05, 3.63) is 95.6 Å². The molecule has 1 aliphatic rings. The first-order chi connectivity index (χ1) is 14.2. The maximum absolute atomic E-state index is 12.8. The molecule has 1 aliphatic heterocycles. The summed E-state index contributed by atoms with van der Waals surface area (Å²) in [4.78, 5) is 30.3. The summed E-state index contributed by atoms with van der Waals surface area (Å²) < 4.78 is 5.25. The standard InChI is InChI=1S/C23H19N3O3/c1-29-19-14-8-6-12-17(19)22(27)26-21-23(28)24-18-13-7-5-11-16(18)20(25-21)15-9-3-2-4-10-15/h2-14,21H,1H3,(H,24,28)(H,26,27). The summed E-state index contributed by atoms with van der Waals surface area (Å²) in [5.74, 6) is -0.425. The van der Waals surface area contributed by atoms with Crippen LogP contribution in [-0.4, -0.2) is 30.8 Å². The summed E-state index contributed by atoms with van der Waals surface area (Å²) in [5, 5.41) is 5.57. The van der Waals surface area contributed by atoms with Crippen LogP contribution in [0.25, 0.3) is 0 Å². The van der Waals surface area contributed by atoms with Crippen LogP contribution in [0.5, 0.6) is 5.75 Å². The molecule has 1 heterocycles. The molecule has 1 unspecified atom stereocenters. The number of ether oxygens (including phenoxy) is 1. The molecule has 0 saturated carbocycles. The molecule has 3 aromatic rings. The Bertz CT molecular complexity index is 1090. The topological polar surface area (TPSA) is 79.8 Å². The van der Waals surface area contributed by atoms with Gasteiger partial charge in [-0.1, -0.05) is 60.7 Å². The van der Waals surface area contributed by atoms with Gasteiger partial charge in [-0.3, -0.25) is 9.59 Å². The second kappa shape index (κ2) is 7.98. The van der Waals surface area contributed by atoms with Gasteiger partial charge in [0.05, 0.1) is 24.1 Å². The lowest BCUT2D eigenvalue weighted by molar-refractivity contribution is -0.117. The number of rotatable bonds is 4. The normalized spacial score (nSPS) is 15.4. The Hall–Kier alpha value is -3.93. The van der Waals surface area contributed by atoms with Gasteiger partial charge in [0.1, 0.15) is 5.75 Å². The third-order valence-electron chi connectivity index (χ3n) is 4.61. The Morgan fingerprint density at radius 3 is 2.45 bits per heavy atom. The van der Waals surface area contributed by atoms with Crippen LogP contribution in [-0.2, 0) is 4.79 Å². The molecule has 0 aliphatic carbocycles. The maximum atomic E-state index is 12.8. The van der Waals surface area contributed by atoms with E-state index in [1.807, 2.05) is 54.6 Å². The highest BCUT2D eigenvalue weighted by atomic mass is 16.5. The minimum atomic E-state index is -1.09. The molecular formula is C23H19N3O3. The Kier molecular flexibility index (Phi) is 5.07. The van der Waals surface area contributed by atoms with Gasteiger partial charge >= 0.3 is 0 Å². The van der Waals surface area contributed by atoms with Crippen molar-refractivity contribution in [3.63, 3.8) is 0 Å². The van der Waals surface area contributed by atoms with Crippen LogP contribution in [0.1, 0.15) is 21.5 Å². The quantitative estimate of drug-likeness (QED) is 0.724. The third-order valence-corrected chi connectivity index (χ3v) is 4.61. The molecule has 0 radical (unpaired) electrons. The number of anilines is 1. The Morgan fingerprint density at radius 2 is 1.66 bits per heavy atom. The minimum absolute atomic E-state index is 0.334. The van der Waals surface area contributed by atoms with Crippen LogP contribution < -0.4 is 15.4 Å². The monoisotopic (exact) mass is 385 g/mol. The molecule has 3 aromatic carbocycles. The van der Waals surface area contributed by atoms with Gasteiger partial charge in [-0.25, -0.2) is 4.99 Å². The molecule has 6 heteroatoms. The number of nitrogens with zero attached hydrogens (tertiary/aromatic N) is 1. The van der Waals surface area contributed by atoms with Crippen molar-refractivity contribution in [1.29, 1.82) is 0 Å². The Morgan fingerprint density at radius 1 is 0.966 bits per heavy atom. The van der Waals surface area contributed by atoms with Gasteiger partial charge in [0.25, 0.3) is 11.8 Å². The zero-order chi connectivity index (χ0) is 20.2. The lowest BCUT2D eigenvalue weighted by atomic mass is 10.0. The van der Waals surface area contributed by atoms with Crippen molar-refractivity contribution in [1.82, 2.24) is 5.32 Å². The number of methoxy groups -OCH3 is 1. The highest BCUT2D eigenvalue weighted by Crippen LogP contribution is 2.24.